The Labute approximate surface area is 146 Å². The van der Waals surface area contributed by atoms with Crippen LogP contribution in [0.4, 0.5) is 4.79 Å². The Morgan fingerprint density at radius 1 is 1.00 bits per heavy atom. The summed E-state index contributed by atoms with van der Waals surface area (Å²) in [6, 6.07) is -0.303. The number of piperazine rings is 1. The van der Waals surface area contributed by atoms with Gasteiger partial charge in [0, 0.05) is 58.0 Å². The van der Waals surface area contributed by atoms with Gasteiger partial charge in [0.15, 0.2) is 0 Å². The molecule has 0 radical (unpaired) electrons. The number of hydrogen-bond donors (Lipinski definition) is 1. The lowest BCUT2D eigenvalue weighted by Crippen LogP contribution is -2.52. The molecule has 0 spiro atoms. The van der Waals surface area contributed by atoms with Gasteiger partial charge in [-0.15, -0.1) is 0 Å². The Hall–Kier alpha value is -2.71. The normalized spacial score (nSPS) is 17.2. The van der Waals surface area contributed by atoms with Crippen molar-refractivity contribution < 1.29 is 19.2 Å². The molecule has 2 aliphatic heterocycles. The molecule has 0 atom stereocenters. The van der Waals surface area contributed by atoms with Crippen molar-refractivity contribution in [2.75, 3.05) is 32.7 Å². The quantitative estimate of drug-likeness (QED) is 0.301. The van der Waals surface area contributed by atoms with E-state index in [2.05, 4.69) is 17.2 Å². The minimum atomic E-state index is -0.303. The Kier molecular flexibility index (Phi) is 6.67. The number of rotatable bonds is 7. The lowest BCUT2D eigenvalue weighted by atomic mass is 10.1. The molecule has 136 valence electrons. The van der Waals surface area contributed by atoms with Gasteiger partial charge in [0.1, 0.15) is 0 Å². The number of hydrogen-bond acceptors (Lipinski definition) is 5. The van der Waals surface area contributed by atoms with Crippen LogP contribution in [0.5, 0.6) is 0 Å². The van der Waals surface area contributed by atoms with Crippen molar-refractivity contribution in [2.45, 2.75) is 25.7 Å². The molecule has 1 fully saturated rings. The summed E-state index contributed by atoms with van der Waals surface area (Å²) in [6.07, 6.45) is 5.16. The molecule has 25 heavy (non-hydrogen) atoms. The third kappa shape index (κ3) is 5.13. The summed E-state index contributed by atoms with van der Waals surface area (Å²) in [5.41, 5.74) is 2.28. The van der Waals surface area contributed by atoms with Gasteiger partial charge < -0.3 is 9.80 Å². The highest BCUT2D eigenvalue weighted by molar-refractivity contribution is 6.12. The molecule has 0 aromatic heterocycles. The highest BCUT2D eigenvalue weighted by Gasteiger charge is 2.24. The number of nitrogens with one attached hydrogen (secondary N) is 1. The second-order valence-corrected chi connectivity index (χ2v) is 5.92. The van der Waals surface area contributed by atoms with Crippen LogP contribution in [0.3, 0.4) is 0 Å². The zero-order valence-electron chi connectivity index (χ0n) is 14.1. The number of carbonyl (C=O) groups is 4. The predicted molar refractivity (Wildman–Crippen MR) is 90.6 cm³/mol. The molecule has 0 aromatic carbocycles. The topological polar surface area (TPSA) is 102 Å². The van der Waals surface area contributed by atoms with Gasteiger partial charge in [-0.05, 0) is 12.8 Å². The predicted octanol–water partition coefficient (Wildman–Crippen LogP) is -0.0588. The fourth-order valence-electron chi connectivity index (χ4n) is 2.83. The monoisotopic (exact) mass is 349 g/mol. The number of amides is 5. The molecule has 1 N–H and O–H groups in total. The molecule has 2 rings (SSSR count). The molecule has 0 aromatic rings. The Balaban J connectivity index is 1.58. The van der Waals surface area contributed by atoms with E-state index >= 15 is 0 Å². The highest BCUT2D eigenvalue weighted by atomic mass is 16.2. The van der Waals surface area contributed by atoms with E-state index in [9.17, 15) is 19.2 Å². The summed E-state index contributed by atoms with van der Waals surface area (Å²) in [4.78, 5) is 51.1. The van der Waals surface area contributed by atoms with Crippen LogP contribution in [0.1, 0.15) is 25.7 Å². The van der Waals surface area contributed by atoms with Crippen molar-refractivity contribution in [3.8, 4) is 0 Å². The third-order valence-electron chi connectivity index (χ3n) is 4.27. The van der Waals surface area contributed by atoms with Gasteiger partial charge in [-0.3, -0.25) is 19.3 Å². The summed E-state index contributed by atoms with van der Waals surface area (Å²) in [5.74, 6) is -0.471. The molecule has 1 saturated heterocycles. The van der Waals surface area contributed by atoms with Gasteiger partial charge in [0.25, 0.3) is 11.8 Å². The summed E-state index contributed by atoms with van der Waals surface area (Å²) < 4.78 is 0. The maximum atomic E-state index is 12.2. The zero-order chi connectivity index (χ0) is 18.2. The van der Waals surface area contributed by atoms with E-state index in [4.69, 9.17) is 0 Å². The molecule has 9 heteroatoms. The molecule has 0 aliphatic carbocycles. The van der Waals surface area contributed by atoms with E-state index in [0.717, 1.165) is 6.42 Å². The Bertz CT molecular complexity index is 563. The van der Waals surface area contributed by atoms with Crippen molar-refractivity contribution in [1.29, 1.82) is 0 Å². The fourth-order valence-corrected chi connectivity index (χ4v) is 2.83. The molecule has 2 heterocycles. The Morgan fingerprint density at radius 3 is 2.20 bits per heavy atom. The van der Waals surface area contributed by atoms with Gasteiger partial charge in [-0.2, -0.15) is 5.10 Å². The van der Waals surface area contributed by atoms with E-state index in [0.29, 0.717) is 52.0 Å². The summed E-state index contributed by atoms with van der Waals surface area (Å²) in [5, 5.41) is 3.34. The number of urea groups is 1. The van der Waals surface area contributed by atoms with Gasteiger partial charge in [-0.1, -0.05) is 6.42 Å². The van der Waals surface area contributed by atoms with Crippen LogP contribution in [0.15, 0.2) is 17.3 Å². The van der Waals surface area contributed by atoms with Crippen molar-refractivity contribution in [3.05, 3.63) is 12.2 Å². The van der Waals surface area contributed by atoms with Crippen LogP contribution >= 0.6 is 0 Å². The van der Waals surface area contributed by atoms with Crippen molar-refractivity contribution in [3.63, 3.8) is 0 Å². The number of nitrogens with zero attached hydrogens (tertiary/aromatic N) is 4. The summed E-state index contributed by atoms with van der Waals surface area (Å²) in [6.45, 7) is 5.55. The molecule has 5 amide bonds. The van der Waals surface area contributed by atoms with E-state index in [1.165, 1.54) is 17.1 Å². The van der Waals surface area contributed by atoms with Gasteiger partial charge in [0.05, 0.1) is 0 Å². The van der Waals surface area contributed by atoms with E-state index in [1.54, 1.807) is 9.80 Å². The lowest BCUT2D eigenvalue weighted by molar-refractivity contribution is -0.137. The first-order valence-corrected chi connectivity index (χ1v) is 8.35. The molecular formula is C16H23N5O4. The van der Waals surface area contributed by atoms with E-state index in [-0.39, 0.29) is 23.8 Å². The molecule has 2 aliphatic rings. The van der Waals surface area contributed by atoms with Crippen LogP contribution in [0, 0.1) is 0 Å². The molecule has 0 unspecified atom stereocenters. The maximum absolute atomic E-state index is 12.2. The minimum absolute atomic E-state index is 0.0666. The standard InChI is InChI=1S/C16H23N5O4/c1-17-18-16(25)20-11-9-19(10-12-20)13(22)5-3-2-4-8-21-14(23)6-7-15(21)24/h6-7H,1-5,8-12H2,(H,18,25). The largest absolute Gasteiger partial charge is 0.339 e. The summed E-state index contributed by atoms with van der Waals surface area (Å²) in [7, 11) is 0. The zero-order valence-corrected chi connectivity index (χ0v) is 14.1. The first-order chi connectivity index (χ1) is 12.0. The highest BCUT2D eigenvalue weighted by Crippen LogP contribution is 2.10. The maximum Gasteiger partial charge on any atom is 0.337 e. The number of hydrazone groups is 1. The van der Waals surface area contributed by atoms with E-state index < -0.39 is 0 Å². The van der Waals surface area contributed by atoms with Crippen molar-refractivity contribution in [1.82, 2.24) is 20.1 Å². The van der Waals surface area contributed by atoms with Gasteiger partial charge >= 0.3 is 6.03 Å². The van der Waals surface area contributed by atoms with Crippen LogP contribution in [-0.4, -0.2) is 77.9 Å². The number of carbonyl (C=O) groups excluding carboxylic acids is 4. The average molecular weight is 349 g/mol. The number of unbranched alkanes of at least 4 members (excludes halogenated alkanes) is 2. The first-order valence-electron chi connectivity index (χ1n) is 8.35. The fraction of sp³-hybridized carbons (Fsp3) is 0.562. The second kappa shape index (κ2) is 8.95. The molecule has 0 bridgehead atoms. The first kappa shape index (κ1) is 18.6. The molecule has 9 nitrogen and oxygen atoms in total. The van der Waals surface area contributed by atoms with Gasteiger partial charge in [0.2, 0.25) is 5.91 Å². The van der Waals surface area contributed by atoms with Crippen molar-refractivity contribution in [2.24, 2.45) is 5.10 Å². The van der Waals surface area contributed by atoms with Crippen LogP contribution in [-0.2, 0) is 14.4 Å². The second-order valence-electron chi connectivity index (χ2n) is 5.92. The SMILES string of the molecule is C=NNC(=O)N1CCN(C(=O)CCCCCN2C(=O)C=CC2=O)CC1. The minimum Gasteiger partial charge on any atom is -0.339 e. The lowest BCUT2D eigenvalue weighted by Gasteiger charge is -2.34. The van der Waals surface area contributed by atoms with Crippen molar-refractivity contribution >= 4 is 30.5 Å². The molecule has 0 saturated carbocycles. The van der Waals surface area contributed by atoms with E-state index in [1.807, 2.05) is 0 Å². The number of imide groups is 1. The summed E-state index contributed by atoms with van der Waals surface area (Å²) >= 11 is 0. The smallest absolute Gasteiger partial charge is 0.337 e. The van der Waals surface area contributed by atoms with Crippen LogP contribution in [0.25, 0.3) is 0 Å². The van der Waals surface area contributed by atoms with Crippen LogP contribution in [0.2, 0.25) is 0 Å². The average Bonchev–Trinajstić information content (AvgIpc) is 2.93. The Morgan fingerprint density at radius 2 is 1.60 bits per heavy atom. The van der Waals surface area contributed by atoms with Gasteiger partial charge in [-0.25, -0.2) is 10.2 Å². The molecular weight excluding hydrogens is 326 g/mol. The third-order valence-corrected chi connectivity index (χ3v) is 4.27. The van der Waals surface area contributed by atoms with Crippen LogP contribution < -0.4 is 5.43 Å².